The summed E-state index contributed by atoms with van der Waals surface area (Å²) in [4.78, 5) is 38.2. The van der Waals surface area contributed by atoms with Crippen molar-refractivity contribution in [1.29, 1.82) is 5.41 Å². The highest BCUT2D eigenvalue weighted by molar-refractivity contribution is 5.94. The van der Waals surface area contributed by atoms with Gasteiger partial charge in [0.2, 0.25) is 17.7 Å². The summed E-state index contributed by atoms with van der Waals surface area (Å²) in [5.74, 6) is 0.368. The number of nitrogens with zero attached hydrogens (tertiary/aromatic N) is 1. The zero-order valence-corrected chi connectivity index (χ0v) is 25.8. The molecule has 10 nitrogen and oxygen atoms in total. The number of aryl methyl sites for hydroxylation is 1. The van der Waals surface area contributed by atoms with Crippen molar-refractivity contribution < 1.29 is 19.1 Å². The summed E-state index contributed by atoms with van der Waals surface area (Å²) in [6, 6.07) is 7.23. The fourth-order valence-corrected chi connectivity index (χ4v) is 4.10. The van der Waals surface area contributed by atoms with Gasteiger partial charge >= 0.3 is 0 Å². The summed E-state index contributed by atoms with van der Waals surface area (Å²) < 4.78 is 5.87. The second kappa shape index (κ2) is 20.0. The fourth-order valence-electron chi connectivity index (χ4n) is 4.10. The molecule has 42 heavy (non-hydrogen) atoms. The van der Waals surface area contributed by atoms with Gasteiger partial charge in [0, 0.05) is 25.7 Å². The Labute approximate surface area is 251 Å². The van der Waals surface area contributed by atoms with Crippen LogP contribution in [-0.2, 0) is 19.1 Å². The Balaban J connectivity index is 0.000000613. The maximum absolute atomic E-state index is 12.8. The van der Waals surface area contributed by atoms with Crippen molar-refractivity contribution in [3.63, 3.8) is 0 Å². The number of nitrogen functional groups attached to an aromatic ring is 1. The molecule has 1 atom stereocenters. The maximum Gasteiger partial charge on any atom is 0.240 e. The summed E-state index contributed by atoms with van der Waals surface area (Å²) in [5.41, 5.74) is 8.18. The van der Waals surface area contributed by atoms with Crippen LogP contribution in [-0.4, -0.2) is 74.3 Å². The molecule has 232 valence electrons. The van der Waals surface area contributed by atoms with Crippen LogP contribution in [0.15, 0.2) is 60.9 Å². The van der Waals surface area contributed by atoms with Crippen molar-refractivity contribution in [3.05, 3.63) is 72.0 Å². The lowest BCUT2D eigenvalue weighted by Crippen LogP contribution is -2.50. The van der Waals surface area contributed by atoms with Gasteiger partial charge in [-0.2, -0.15) is 0 Å². The highest BCUT2D eigenvalue weighted by Crippen LogP contribution is 2.33. The van der Waals surface area contributed by atoms with Crippen LogP contribution in [0.1, 0.15) is 57.1 Å². The number of nitrogens with one attached hydrogen (secondary N) is 4. The molecule has 1 saturated carbocycles. The number of rotatable bonds is 4. The van der Waals surface area contributed by atoms with Gasteiger partial charge in [-0.3, -0.25) is 19.8 Å². The summed E-state index contributed by atoms with van der Waals surface area (Å²) in [6.07, 6.45) is 7.84. The molecule has 1 unspecified atom stereocenters. The fraction of sp³-hybridized carbons (Fsp3) is 0.500. The number of allylic oxidation sites excluding steroid dienone is 3. The third-order valence-corrected chi connectivity index (χ3v) is 6.59. The molecule has 1 fully saturated rings. The van der Waals surface area contributed by atoms with Crippen molar-refractivity contribution in [2.75, 3.05) is 39.8 Å². The third-order valence-electron chi connectivity index (χ3n) is 6.59. The normalized spacial score (nSPS) is 21.2. The van der Waals surface area contributed by atoms with Gasteiger partial charge in [0.1, 0.15) is 18.2 Å². The molecule has 0 radical (unpaired) electrons. The number of hydrogen-bond donors (Lipinski definition) is 5. The van der Waals surface area contributed by atoms with Crippen molar-refractivity contribution in [3.8, 4) is 0 Å². The van der Waals surface area contributed by atoms with Gasteiger partial charge in [0.15, 0.2) is 0 Å². The first-order valence-electron chi connectivity index (χ1n) is 14.7. The second-order valence-electron chi connectivity index (χ2n) is 9.97. The van der Waals surface area contributed by atoms with E-state index in [4.69, 9.17) is 15.9 Å². The minimum absolute atomic E-state index is 0.0838. The lowest BCUT2D eigenvalue weighted by Gasteiger charge is -2.24. The van der Waals surface area contributed by atoms with E-state index in [1.807, 2.05) is 45.0 Å². The lowest BCUT2D eigenvalue weighted by atomic mass is 10.1. The van der Waals surface area contributed by atoms with E-state index in [1.165, 1.54) is 10.5 Å². The largest absolute Gasteiger partial charge is 0.492 e. The Bertz CT molecular complexity index is 1080. The number of carbonyl (C=O) groups is 3. The summed E-state index contributed by atoms with van der Waals surface area (Å²) in [7, 11) is 1.60. The van der Waals surface area contributed by atoms with E-state index in [9.17, 15) is 14.4 Å². The average molecular weight is 583 g/mol. The van der Waals surface area contributed by atoms with Crippen molar-refractivity contribution >= 4 is 23.6 Å². The summed E-state index contributed by atoms with van der Waals surface area (Å²) in [5, 5.41) is 15.7. The van der Waals surface area contributed by atoms with Crippen LogP contribution in [0.5, 0.6) is 0 Å². The zero-order valence-electron chi connectivity index (χ0n) is 25.8. The first-order chi connectivity index (χ1) is 20.2. The number of amides is 3. The molecule has 0 spiro atoms. The number of amidine groups is 1. The second-order valence-corrected chi connectivity index (χ2v) is 9.97. The van der Waals surface area contributed by atoms with Crippen LogP contribution >= 0.6 is 0 Å². The molecule has 1 aromatic rings. The maximum atomic E-state index is 12.8. The van der Waals surface area contributed by atoms with Crippen molar-refractivity contribution in [1.82, 2.24) is 20.9 Å². The highest BCUT2D eigenvalue weighted by atomic mass is 16.5. The Morgan fingerprint density at radius 1 is 1.02 bits per heavy atom. The van der Waals surface area contributed by atoms with Gasteiger partial charge in [-0.1, -0.05) is 62.9 Å². The SMILES string of the molecule is C=C/C1=C(\C=C)OCCNC(C2CC2)C(=O)N(C)CC(=O)NCC(=O)NCCCC1.CC.Cc1ccc(C(=N)N)cc1. The minimum Gasteiger partial charge on any atom is -0.492 e. The predicted octanol–water partition coefficient (Wildman–Crippen LogP) is 3.18. The molecule has 2 aliphatic rings. The minimum atomic E-state index is -0.354. The van der Waals surface area contributed by atoms with Crippen LogP contribution in [0.4, 0.5) is 0 Å². The lowest BCUT2D eigenvalue weighted by molar-refractivity contribution is -0.137. The van der Waals surface area contributed by atoms with E-state index in [-0.39, 0.29) is 48.6 Å². The van der Waals surface area contributed by atoms with Gasteiger partial charge in [-0.05, 0) is 56.6 Å². The van der Waals surface area contributed by atoms with E-state index in [1.54, 1.807) is 19.2 Å². The van der Waals surface area contributed by atoms with Gasteiger partial charge in [-0.25, -0.2) is 0 Å². The highest BCUT2D eigenvalue weighted by Gasteiger charge is 2.37. The molecule has 10 heteroatoms. The van der Waals surface area contributed by atoms with E-state index in [0.29, 0.717) is 25.5 Å². The summed E-state index contributed by atoms with van der Waals surface area (Å²) >= 11 is 0. The Morgan fingerprint density at radius 3 is 2.26 bits per heavy atom. The Hall–Kier alpha value is -3.92. The van der Waals surface area contributed by atoms with Crippen molar-refractivity contribution in [2.45, 2.75) is 58.9 Å². The van der Waals surface area contributed by atoms with E-state index < -0.39 is 0 Å². The number of nitrogens with two attached hydrogens (primary N) is 1. The number of likely N-dealkylation sites (N-methyl/N-ethyl adjacent to an activating group) is 1. The van der Waals surface area contributed by atoms with Crippen molar-refractivity contribution in [2.24, 2.45) is 11.7 Å². The molecular weight excluding hydrogens is 532 g/mol. The molecule has 6 N–H and O–H groups in total. The van der Waals surface area contributed by atoms with Gasteiger partial charge in [0.05, 0.1) is 19.1 Å². The smallest absolute Gasteiger partial charge is 0.240 e. The zero-order chi connectivity index (χ0) is 31.5. The van der Waals surface area contributed by atoms with Gasteiger partial charge in [0.25, 0.3) is 0 Å². The topological polar surface area (TPSA) is 150 Å². The van der Waals surface area contributed by atoms with E-state index in [0.717, 1.165) is 43.2 Å². The first kappa shape index (κ1) is 36.1. The number of hydrogen-bond acceptors (Lipinski definition) is 6. The Morgan fingerprint density at radius 2 is 1.69 bits per heavy atom. The molecule has 1 aromatic carbocycles. The quantitative estimate of drug-likeness (QED) is 0.272. The summed E-state index contributed by atoms with van der Waals surface area (Å²) in [6.45, 7) is 14.9. The molecule has 0 aromatic heterocycles. The molecule has 1 aliphatic carbocycles. The van der Waals surface area contributed by atoms with Crippen LogP contribution < -0.4 is 21.7 Å². The van der Waals surface area contributed by atoms with Crippen LogP contribution in [0.2, 0.25) is 0 Å². The first-order valence-corrected chi connectivity index (χ1v) is 14.7. The Kier molecular flexibility index (Phi) is 17.2. The third kappa shape index (κ3) is 13.6. The van der Waals surface area contributed by atoms with Gasteiger partial charge < -0.3 is 31.3 Å². The number of benzene rings is 1. The van der Waals surface area contributed by atoms with E-state index in [2.05, 4.69) is 29.1 Å². The average Bonchev–Trinajstić information content (AvgIpc) is 3.82. The molecule has 1 aliphatic heterocycles. The molecule has 0 saturated heterocycles. The van der Waals surface area contributed by atoms with Gasteiger partial charge in [-0.15, -0.1) is 0 Å². The van der Waals surface area contributed by atoms with Crippen LogP contribution in [0.25, 0.3) is 0 Å². The number of ether oxygens (including phenoxy) is 1. The molecule has 0 bridgehead atoms. The molecule has 3 amide bonds. The molecule has 3 rings (SSSR count). The van der Waals surface area contributed by atoms with E-state index >= 15 is 0 Å². The molecule has 1 heterocycles. The number of carbonyl (C=O) groups excluding carboxylic acids is 3. The van der Waals surface area contributed by atoms with Crippen LogP contribution in [0.3, 0.4) is 0 Å². The predicted molar refractivity (Wildman–Crippen MR) is 169 cm³/mol. The van der Waals surface area contributed by atoms with Crippen LogP contribution in [0, 0.1) is 18.3 Å². The monoisotopic (exact) mass is 582 g/mol. The molecular formula is C32H50N6O4. The standard InChI is InChI=1S/C22H34N4O4.C8H10N2.C2H6/c1-4-16-8-6-7-11-23-19(27)14-25-20(28)15-26(3)22(29)21(17-9-10-17)24-12-13-30-18(16)5-2;1-6-2-4-7(5-3-6)8(9)10;1-2/h4-5,17,21,24H,1-2,6-15H2,3H3,(H,23,27)(H,25,28);2-5H,1H3,(H3,9,10);1-2H3/b18-16-;;.